The Balaban J connectivity index is 2.47. The summed E-state index contributed by atoms with van der Waals surface area (Å²) in [5.74, 6) is 0.187. The molecule has 1 heterocycles. The first-order valence-corrected chi connectivity index (χ1v) is 4.18. The number of hydrogen-bond donors (Lipinski definition) is 1. The van der Waals surface area contributed by atoms with Crippen LogP contribution in [0.3, 0.4) is 0 Å². The van der Waals surface area contributed by atoms with Gasteiger partial charge in [-0.25, -0.2) is 0 Å². The minimum atomic E-state index is 0.105. The van der Waals surface area contributed by atoms with Crippen molar-refractivity contribution in [1.82, 2.24) is 4.90 Å². The molecule has 1 atom stereocenters. The third kappa shape index (κ3) is 2.01. The lowest BCUT2D eigenvalue weighted by molar-refractivity contribution is -0.123. The summed E-state index contributed by atoms with van der Waals surface area (Å²) in [6.07, 6.45) is 3.37. The molecule has 11 heavy (non-hydrogen) atoms. The zero-order chi connectivity index (χ0) is 8.27. The molecule has 0 radical (unpaired) electrons. The largest absolute Gasteiger partial charge is 0.324 e. The Morgan fingerprint density at radius 3 is 2.91 bits per heavy atom. The fourth-order valence-corrected chi connectivity index (χ4v) is 1.62. The summed E-state index contributed by atoms with van der Waals surface area (Å²) in [6.45, 7) is 1.23. The molecule has 2 N–H and O–H groups in total. The molecule has 1 fully saturated rings. The van der Waals surface area contributed by atoms with Crippen molar-refractivity contribution in [2.45, 2.75) is 25.3 Å². The smallest absolute Gasteiger partial charge is 0.163 e. The van der Waals surface area contributed by atoms with E-state index in [1.54, 1.807) is 0 Å². The molecule has 1 rings (SSSR count). The number of carbonyl (C=O) groups excluding carboxylic acids is 1. The van der Waals surface area contributed by atoms with Gasteiger partial charge < -0.3 is 5.73 Å². The molecule has 0 aromatic heterocycles. The van der Waals surface area contributed by atoms with Gasteiger partial charge >= 0.3 is 0 Å². The fourth-order valence-electron chi connectivity index (χ4n) is 1.62. The minimum absolute atomic E-state index is 0.105. The van der Waals surface area contributed by atoms with Crippen LogP contribution in [0.15, 0.2) is 0 Å². The van der Waals surface area contributed by atoms with Gasteiger partial charge in [0.15, 0.2) is 5.78 Å². The van der Waals surface area contributed by atoms with Crippen molar-refractivity contribution in [3.8, 4) is 0 Å². The molecule has 0 amide bonds. The second-order valence-electron chi connectivity index (χ2n) is 3.16. The van der Waals surface area contributed by atoms with Crippen molar-refractivity contribution in [2.24, 2.45) is 5.73 Å². The van der Waals surface area contributed by atoms with Crippen LogP contribution in [-0.4, -0.2) is 36.9 Å². The molecule has 1 unspecified atom stereocenters. The van der Waals surface area contributed by atoms with Gasteiger partial charge in [0.2, 0.25) is 0 Å². The Morgan fingerprint density at radius 2 is 2.36 bits per heavy atom. The van der Waals surface area contributed by atoms with Crippen molar-refractivity contribution in [3.63, 3.8) is 0 Å². The van der Waals surface area contributed by atoms with E-state index in [0.29, 0.717) is 0 Å². The second-order valence-corrected chi connectivity index (χ2v) is 3.16. The normalized spacial score (nSPS) is 26.9. The van der Waals surface area contributed by atoms with Crippen LogP contribution in [0, 0.1) is 0 Å². The van der Waals surface area contributed by atoms with Crippen molar-refractivity contribution in [2.75, 3.05) is 20.1 Å². The SMILES string of the molecule is CN1CCCCC1C(=O)CN. The monoisotopic (exact) mass is 156 g/mol. The van der Waals surface area contributed by atoms with Crippen LogP contribution in [0.2, 0.25) is 0 Å². The highest BCUT2D eigenvalue weighted by molar-refractivity contribution is 5.85. The molecule has 0 spiro atoms. The Hall–Kier alpha value is -0.410. The van der Waals surface area contributed by atoms with Gasteiger partial charge in [-0.05, 0) is 26.4 Å². The van der Waals surface area contributed by atoms with E-state index in [0.717, 1.165) is 13.0 Å². The summed E-state index contributed by atoms with van der Waals surface area (Å²) >= 11 is 0. The zero-order valence-corrected chi connectivity index (χ0v) is 7.05. The minimum Gasteiger partial charge on any atom is -0.324 e. The first-order chi connectivity index (χ1) is 5.25. The van der Waals surface area contributed by atoms with E-state index < -0.39 is 0 Å². The maximum Gasteiger partial charge on any atom is 0.163 e. The molecule has 1 aliphatic heterocycles. The lowest BCUT2D eigenvalue weighted by atomic mass is 9.99. The predicted molar refractivity (Wildman–Crippen MR) is 44.3 cm³/mol. The summed E-state index contributed by atoms with van der Waals surface area (Å²) in [5, 5.41) is 0. The van der Waals surface area contributed by atoms with Gasteiger partial charge in [0.1, 0.15) is 0 Å². The molecule has 0 saturated carbocycles. The van der Waals surface area contributed by atoms with Crippen molar-refractivity contribution in [3.05, 3.63) is 0 Å². The van der Waals surface area contributed by atoms with E-state index in [1.807, 2.05) is 7.05 Å². The van der Waals surface area contributed by atoms with Gasteiger partial charge in [-0.3, -0.25) is 9.69 Å². The Kier molecular flexibility index (Phi) is 3.02. The number of hydrogen-bond acceptors (Lipinski definition) is 3. The molecule has 64 valence electrons. The van der Waals surface area contributed by atoms with Gasteiger partial charge in [0, 0.05) is 0 Å². The molecule has 1 saturated heterocycles. The highest BCUT2D eigenvalue weighted by atomic mass is 16.1. The summed E-state index contributed by atoms with van der Waals surface area (Å²) in [4.78, 5) is 13.3. The average molecular weight is 156 g/mol. The summed E-state index contributed by atoms with van der Waals surface area (Å²) in [7, 11) is 2.00. The fraction of sp³-hybridized carbons (Fsp3) is 0.875. The molecule has 0 aliphatic carbocycles. The van der Waals surface area contributed by atoms with E-state index in [2.05, 4.69) is 4.90 Å². The third-order valence-electron chi connectivity index (χ3n) is 2.34. The maximum absolute atomic E-state index is 11.2. The van der Waals surface area contributed by atoms with Gasteiger partial charge in [0.05, 0.1) is 12.6 Å². The number of nitrogens with two attached hydrogens (primary N) is 1. The van der Waals surface area contributed by atoms with E-state index in [4.69, 9.17) is 5.73 Å². The first kappa shape index (κ1) is 8.68. The molecule has 1 aliphatic rings. The van der Waals surface area contributed by atoms with E-state index in [1.165, 1.54) is 12.8 Å². The maximum atomic E-state index is 11.2. The van der Waals surface area contributed by atoms with Crippen LogP contribution in [0.1, 0.15) is 19.3 Å². The molecule has 0 bridgehead atoms. The summed E-state index contributed by atoms with van der Waals surface area (Å²) in [6, 6.07) is 0.105. The lowest BCUT2D eigenvalue weighted by Crippen LogP contribution is -2.44. The predicted octanol–water partition coefficient (Wildman–Crippen LogP) is -0.00150. The zero-order valence-electron chi connectivity index (χ0n) is 7.05. The number of piperidine rings is 1. The Morgan fingerprint density at radius 1 is 1.64 bits per heavy atom. The van der Waals surface area contributed by atoms with Crippen LogP contribution in [0.25, 0.3) is 0 Å². The van der Waals surface area contributed by atoms with Crippen LogP contribution < -0.4 is 5.73 Å². The number of carbonyl (C=O) groups is 1. The topological polar surface area (TPSA) is 46.3 Å². The number of likely N-dealkylation sites (tertiary alicyclic amines) is 1. The Labute approximate surface area is 67.5 Å². The van der Waals surface area contributed by atoms with E-state index >= 15 is 0 Å². The highest BCUT2D eigenvalue weighted by Gasteiger charge is 2.23. The van der Waals surface area contributed by atoms with Gasteiger partial charge in [0.25, 0.3) is 0 Å². The lowest BCUT2D eigenvalue weighted by Gasteiger charge is -2.30. The first-order valence-electron chi connectivity index (χ1n) is 4.18. The molecule has 0 aromatic rings. The quantitative estimate of drug-likeness (QED) is 0.612. The molecule has 3 nitrogen and oxygen atoms in total. The van der Waals surface area contributed by atoms with Crippen molar-refractivity contribution >= 4 is 5.78 Å². The van der Waals surface area contributed by atoms with Gasteiger partial charge in [-0.15, -0.1) is 0 Å². The van der Waals surface area contributed by atoms with E-state index in [9.17, 15) is 4.79 Å². The molecular weight excluding hydrogens is 140 g/mol. The number of Topliss-reactive ketones (excluding diaryl/α,β-unsaturated/α-hetero) is 1. The van der Waals surface area contributed by atoms with Crippen molar-refractivity contribution < 1.29 is 4.79 Å². The molecule has 0 aromatic carbocycles. The number of rotatable bonds is 2. The van der Waals surface area contributed by atoms with Crippen molar-refractivity contribution in [1.29, 1.82) is 0 Å². The van der Waals surface area contributed by atoms with Crippen LogP contribution >= 0.6 is 0 Å². The second kappa shape index (κ2) is 3.83. The van der Waals surface area contributed by atoms with Crippen LogP contribution in [0.5, 0.6) is 0 Å². The molecule has 3 heteroatoms. The van der Waals surface area contributed by atoms with Crippen LogP contribution in [0.4, 0.5) is 0 Å². The number of likely N-dealkylation sites (N-methyl/N-ethyl adjacent to an activating group) is 1. The highest BCUT2D eigenvalue weighted by Crippen LogP contribution is 2.14. The van der Waals surface area contributed by atoms with Crippen LogP contribution in [-0.2, 0) is 4.79 Å². The molecular formula is C8H16N2O. The average Bonchev–Trinajstić information content (AvgIpc) is 2.04. The number of ketones is 1. The third-order valence-corrected chi connectivity index (χ3v) is 2.34. The standard InChI is InChI=1S/C8H16N2O/c1-10-5-3-2-4-7(10)8(11)6-9/h7H,2-6,9H2,1H3. The number of nitrogens with zero attached hydrogens (tertiary/aromatic N) is 1. The summed E-state index contributed by atoms with van der Waals surface area (Å²) < 4.78 is 0. The van der Waals surface area contributed by atoms with E-state index in [-0.39, 0.29) is 18.4 Å². The van der Waals surface area contributed by atoms with Gasteiger partial charge in [-0.2, -0.15) is 0 Å². The summed E-state index contributed by atoms with van der Waals surface area (Å²) in [5.41, 5.74) is 5.29. The Bertz CT molecular complexity index is 147. The van der Waals surface area contributed by atoms with Gasteiger partial charge in [-0.1, -0.05) is 6.42 Å².